The predicted molar refractivity (Wildman–Crippen MR) is 271 cm³/mol. The summed E-state index contributed by atoms with van der Waals surface area (Å²) in [5, 5.41) is 13.0. The van der Waals surface area contributed by atoms with E-state index in [-0.39, 0.29) is 29.1 Å². The van der Waals surface area contributed by atoms with Crippen molar-refractivity contribution in [2.75, 3.05) is 36.0 Å². The average Bonchev–Trinajstić information content (AvgIpc) is 3.93. The van der Waals surface area contributed by atoms with Gasteiger partial charge in [0.15, 0.2) is 11.3 Å². The van der Waals surface area contributed by atoms with E-state index in [1.165, 1.54) is 23.9 Å². The van der Waals surface area contributed by atoms with Gasteiger partial charge in [0.25, 0.3) is 5.78 Å². The maximum atomic E-state index is 13.2. The zero-order valence-electron chi connectivity index (χ0n) is 39.9. The molecular weight excluding hydrogens is 962 g/mol. The number of hydrogen-bond donors (Lipinski definition) is 1. The van der Waals surface area contributed by atoms with E-state index in [2.05, 4.69) is 127 Å². The van der Waals surface area contributed by atoms with Crippen LogP contribution in [0.2, 0.25) is 0 Å². The van der Waals surface area contributed by atoms with Crippen LogP contribution in [0.15, 0.2) is 127 Å². The number of fused-ring (bicyclic) bond motifs is 3. The minimum absolute atomic E-state index is 0.182. The number of nitrogens with zero attached hydrogens (tertiary/aromatic N) is 9. The van der Waals surface area contributed by atoms with Crippen molar-refractivity contribution in [3.8, 4) is 33.4 Å². The van der Waals surface area contributed by atoms with Crippen LogP contribution < -0.4 is 15.1 Å². The third kappa shape index (κ3) is 9.81. The number of alkyl halides is 3. The van der Waals surface area contributed by atoms with Crippen molar-refractivity contribution in [2.24, 2.45) is 0 Å². The van der Waals surface area contributed by atoms with E-state index in [0.717, 1.165) is 51.2 Å². The van der Waals surface area contributed by atoms with Crippen LogP contribution in [0.5, 0.6) is 0 Å². The maximum absolute atomic E-state index is 13.2. The number of halogens is 4. The minimum atomic E-state index is -4.95. The zero-order chi connectivity index (χ0) is 49.6. The Bertz CT molecular complexity index is 3180. The number of ether oxygens (including phenoxy) is 1. The lowest BCUT2D eigenvalue weighted by Crippen LogP contribution is -2.58. The van der Waals surface area contributed by atoms with Crippen LogP contribution in [0.4, 0.5) is 29.3 Å². The highest BCUT2D eigenvalue weighted by Gasteiger charge is 2.40. The smallest absolute Gasteiger partial charge is 0.444 e. The molecule has 13 nitrogen and oxygen atoms in total. The van der Waals surface area contributed by atoms with Gasteiger partial charge in [-0.2, -0.15) is 23.4 Å². The molecule has 10 rings (SSSR count). The molecule has 0 aliphatic carbocycles. The van der Waals surface area contributed by atoms with Crippen LogP contribution in [0.3, 0.4) is 0 Å². The van der Waals surface area contributed by atoms with Crippen LogP contribution in [0.1, 0.15) is 58.8 Å². The summed E-state index contributed by atoms with van der Waals surface area (Å²) in [6.45, 7) is 17.6. The zero-order valence-corrected chi connectivity index (χ0v) is 41.5. The molecule has 4 atom stereocenters. The summed E-state index contributed by atoms with van der Waals surface area (Å²) in [5.74, 6) is -1.86. The van der Waals surface area contributed by atoms with Gasteiger partial charge in [0.05, 0.1) is 16.9 Å². The first-order valence-electron chi connectivity index (χ1n) is 23.3. The Labute approximate surface area is 412 Å². The quantitative estimate of drug-likeness (QED) is 0.161. The molecule has 2 aliphatic rings. The molecule has 0 bridgehead atoms. The Hall–Kier alpha value is -6.85. The van der Waals surface area contributed by atoms with Gasteiger partial charge in [0.2, 0.25) is 0 Å². The first-order chi connectivity index (χ1) is 33.3. The highest BCUT2D eigenvalue weighted by Crippen LogP contribution is 2.36. The Morgan fingerprint density at radius 2 is 1.14 bits per heavy atom. The number of amides is 1. The molecule has 8 aromatic rings. The number of piperazine rings is 2. The summed E-state index contributed by atoms with van der Waals surface area (Å²) < 4.78 is 49.5. The fraction of sp³-hybridized carbons (Fsp3) is 0.321. The summed E-state index contributed by atoms with van der Waals surface area (Å²) in [7, 11) is 0. The van der Waals surface area contributed by atoms with Crippen LogP contribution in [-0.2, 0) is 4.74 Å². The SMILES string of the molecule is C[C@@H]1CN(C(=O)OC(C)(C)C)C[C@H](C)N1c1ccc(-c2cnc3c(Br)cnn3c2)cc1.C[C@@H]1CNC[C@H](C)N1c1ccc(-c2cnc3c(-c4ccc(C(=O)C(F)(F)F)c5ccccc45)cnn3c2)cc1. The third-order valence-corrected chi connectivity index (χ3v) is 13.3. The van der Waals surface area contributed by atoms with Crippen molar-refractivity contribution >= 4 is 61.2 Å². The van der Waals surface area contributed by atoms with Crippen LogP contribution in [0.25, 0.3) is 55.4 Å². The second-order valence-corrected chi connectivity index (χ2v) is 20.0. The standard InChI is InChI=1S/C30H26F3N5O.C23H28BrN5O2/c1-18-13-34-14-19(2)38(18)22-9-7-20(8-10-22)21-15-35-29-27(16-36-37(29)17-21)25-11-12-26(28(39)30(31,32)33)24-6-4-3-5-23(24)25;1-15-12-27(22(30)31-23(3,4)5)13-16(2)29(15)19-8-6-17(7-9-19)18-10-25-21-20(24)11-26-28(21)14-18/h3-12,15-19,34H,13-14H2,1-2H3;6-11,14-16H,12-13H2,1-5H3/t18-,19+;15-,16+. The second kappa shape index (κ2) is 19.2. The van der Waals surface area contributed by atoms with Gasteiger partial charge in [0, 0.05) is 109 Å². The number of nitrogens with one attached hydrogen (secondary N) is 1. The molecular formula is C53H54BrF3N10O3. The highest BCUT2D eigenvalue weighted by atomic mass is 79.9. The van der Waals surface area contributed by atoms with E-state index in [9.17, 15) is 22.8 Å². The van der Waals surface area contributed by atoms with Gasteiger partial charge in [-0.3, -0.25) is 4.79 Å². The number of aromatic nitrogens is 6. The molecule has 362 valence electrons. The highest BCUT2D eigenvalue weighted by molar-refractivity contribution is 9.10. The van der Waals surface area contributed by atoms with E-state index in [1.807, 2.05) is 44.3 Å². The van der Waals surface area contributed by atoms with Gasteiger partial charge >= 0.3 is 12.3 Å². The van der Waals surface area contributed by atoms with Gasteiger partial charge in [-0.05, 0) is 122 Å². The molecule has 6 heterocycles. The maximum Gasteiger partial charge on any atom is 0.454 e. The van der Waals surface area contributed by atoms with E-state index in [1.54, 1.807) is 45.8 Å². The molecule has 0 spiro atoms. The van der Waals surface area contributed by atoms with E-state index in [4.69, 9.17) is 4.74 Å². The lowest BCUT2D eigenvalue weighted by Gasteiger charge is -2.45. The number of ketones is 1. The first-order valence-corrected chi connectivity index (χ1v) is 24.1. The molecule has 2 saturated heterocycles. The number of anilines is 2. The van der Waals surface area contributed by atoms with Crippen molar-refractivity contribution in [2.45, 2.75) is 84.4 Å². The van der Waals surface area contributed by atoms with E-state index in [0.29, 0.717) is 47.3 Å². The molecule has 4 aromatic carbocycles. The van der Waals surface area contributed by atoms with Crippen molar-refractivity contribution in [1.82, 2.24) is 39.4 Å². The number of carbonyl (C=O) groups excluding carboxylic acids is 2. The molecule has 4 aromatic heterocycles. The molecule has 17 heteroatoms. The first kappa shape index (κ1) is 48.2. The molecule has 2 fully saturated rings. The molecule has 1 N–H and O–H groups in total. The molecule has 2 aliphatic heterocycles. The molecule has 0 saturated carbocycles. The topological polar surface area (TPSA) is 125 Å². The Kier molecular flexibility index (Phi) is 13.2. The monoisotopic (exact) mass is 1010 g/mol. The molecule has 70 heavy (non-hydrogen) atoms. The number of benzene rings is 4. The second-order valence-electron chi connectivity index (χ2n) is 19.2. The van der Waals surface area contributed by atoms with E-state index >= 15 is 0 Å². The average molecular weight is 1020 g/mol. The van der Waals surface area contributed by atoms with Crippen molar-refractivity contribution in [3.05, 3.63) is 132 Å². The Morgan fingerprint density at radius 3 is 1.70 bits per heavy atom. The number of hydrogen-bond acceptors (Lipinski definition) is 10. The number of carbonyl (C=O) groups is 2. The lowest BCUT2D eigenvalue weighted by atomic mass is 9.94. The summed E-state index contributed by atoms with van der Waals surface area (Å²) in [4.78, 5) is 40.3. The molecule has 0 radical (unpaired) electrons. The van der Waals surface area contributed by atoms with Gasteiger partial charge in [-0.15, -0.1) is 0 Å². The Balaban J connectivity index is 0.000000179. The van der Waals surface area contributed by atoms with Crippen LogP contribution >= 0.6 is 15.9 Å². The molecule has 1 amide bonds. The fourth-order valence-corrected chi connectivity index (χ4v) is 10.1. The number of rotatable bonds is 6. The van der Waals surface area contributed by atoms with Crippen molar-refractivity contribution in [1.29, 1.82) is 0 Å². The predicted octanol–water partition coefficient (Wildman–Crippen LogP) is 11.1. The normalized spacial score (nSPS) is 18.8. The van der Waals surface area contributed by atoms with Crippen molar-refractivity contribution in [3.63, 3.8) is 0 Å². The molecule has 0 unspecified atom stereocenters. The Morgan fingerprint density at radius 1 is 0.629 bits per heavy atom. The minimum Gasteiger partial charge on any atom is -0.444 e. The van der Waals surface area contributed by atoms with Gasteiger partial charge in [-0.25, -0.2) is 23.8 Å². The summed E-state index contributed by atoms with van der Waals surface area (Å²) >= 11 is 3.46. The van der Waals surface area contributed by atoms with Gasteiger partial charge in [0.1, 0.15) is 5.60 Å². The van der Waals surface area contributed by atoms with Crippen molar-refractivity contribution < 1.29 is 27.5 Å². The van der Waals surface area contributed by atoms with Gasteiger partial charge < -0.3 is 24.8 Å². The largest absolute Gasteiger partial charge is 0.454 e. The van der Waals surface area contributed by atoms with Crippen LogP contribution in [-0.4, -0.2) is 108 Å². The summed E-state index contributed by atoms with van der Waals surface area (Å²) in [6, 6.07) is 27.4. The summed E-state index contributed by atoms with van der Waals surface area (Å²) in [6.07, 6.45) is 5.70. The van der Waals surface area contributed by atoms with Gasteiger partial charge in [-0.1, -0.05) is 54.6 Å². The summed E-state index contributed by atoms with van der Waals surface area (Å²) in [5.41, 5.74) is 8.12. The van der Waals surface area contributed by atoms with Crippen LogP contribution in [0, 0.1) is 0 Å². The third-order valence-electron chi connectivity index (χ3n) is 12.8. The fourth-order valence-electron chi connectivity index (χ4n) is 9.69. The van der Waals surface area contributed by atoms with E-state index < -0.39 is 17.6 Å². The lowest BCUT2D eigenvalue weighted by molar-refractivity contribution is -0.0884. The number of Topliss-reactive ketones (excluding diaryl/α,β-unsaturated/α-hetero) is 1.